The second kappa shape index (κ2) is 11.4. The third-order valence-corrected chi connectivity index (χ3v) is 5.10. The van der Waals surface area contributed by atoms with Crippen molar-refractivity contribution < 1.29 is 14.3 Å². The Bertz CT molecular complexity index is 978. The molecule has 2 amide bonds. The molecule has 2 rings (SSSR count). The molecule has 0 aliphatic carbocycles. The Morgan fingerprint density at radius 2 is 1.71 bits per heavy atom. The maximum absolute atomic E-state index is 12.6. The molecule has 166 valence electrons. The maximum Gasteiger partial charge on any atom is 0.262 e. The lowest BCUT2D eigenvalue weighted by Gasteiger charge is -2.20. The second-order valence-electron chi connectivity index (χ2n) is 7.41. The van der Waals surface area contributed by atoms with Crippen LogP contribution in [0.25, 0.3) is 0 Å². The fourth-order valence-electron chi connectivity index (χ4n) is 2.61. The SMILES string of the molecule is CC(C)Oc1ccc(Cl)cc1C=NNC(=O)C(NC(=O)c1ccc(Cl)c(Cl)c1)C(C)C. The molecule has 0 heterocycles. The van der Waals surface area contributed by atoms with Crippen LogP contribution in [-0.2, 0) is 4.79 Å². The van der Waals surface area contributed by atoms with Crippen molar-refractivity contribution in [3.05, 3.63) is 62.6 Å². The summed E-state index contributed by atoms with van der Waals surface area (Å²) in [6.07, 6.45) is 1.41. The fraction of sp³-hybridized carbons (Fsp3) is 0.318. The van der Waals surface area contributed by atoms with Crippen molar-refractivity contribution in [1.82, 2.24) is 10.7 Å². The van der Waals surface area contributed by atoms with Crippen LogP contribution >= 0.6 is 34.8 Å². The number of nitrogens with one attached hydrogen (secondary N) is 2. The summed E-state index contributed by atoms with van der Waals surface area (Å²) in [5, 5.41) is 7.82. The molecule has 0 spiro atoms. The minimum Gasteiger partial charge on any atom is -0.490 e. The first-order valence-corrected chi connectivity index (χ1v) is 10.8. The van der Waals surface area contributed by atoms with Gasteiger partial charge in [0.2, 0.25) is 0 Å². The molecule has 0 aromatic heterocycles. The van der Waals surface area contributed by atoms with E-state index in [-0.39, 0.29) is 17.0 Å². The lowest BCUT2D eigenvalue weighted by atomic mass is 10.0. The van der Waals surface area contributed by atoms with Gasteiger partial charge in [-0.05, 0) is 56.2 Å². The lowest BCUT2D eigenvalue weighted by Crippen LogP contribution is -2.48. The van der Waals surface area contributed by atoms with E-state index in [0.717, 1.165) is 0 Å². The van der Waals surface area contributed by atoms with Gasteiger partial charge < -0.3 is 10.1 Å². The molecule has 31 heavy (non-hydrogen) atoms. The summed E-state index contributed by atoms with van der Waals surface area (Å²) >= 11 is 17.9. The monoisotopic (exact) mass is 483 g/mol. The van der Waals surface area contributed by atoms with Crippen LogP contribution in [0, 0.1) is 5.92 Å². The van der Waals surface area contributed by atoms with Crippen LogP contribution in [0.1, 0.15) is 43.6 Å². The first-order valence-electron chi connectivity index (χ1n) is 9.63. The smallest absolute Gasteiger partial charge is 0.262 e. The molecule has 2 aromatic rings. The van der Waals surface area contributed by atoms with Crippen LogP contribution in [0.15, 0.2) is 41.5 Å². The number of halogens is 3. The highest BCUT2D eigenvalue weighted by Crippen LogP contribution is 2.23. The van der Waals surface area contributed by atoms with Gasteiger partial charge in [-0.25, -0.2) is 5.43 Å². The van der Waals surface area contributed by atoms with Gasteiger partial charge in [-0.15, -0.1) is 0 Å². The Hall–Kier alpha value is -2.28. The zero-order chi connectivity index (χ0) is 23.1. The average Bonchev–Trinajstić information content (AvgIpc) is 2.69. The van der Waals surface area contributed by atoms with E-state index in [1.807, 2.05) is 27.7 Å². The molecule has 0 aliphatic rings. The van der Waals surface area contributed by atoms with Gasteiger partial charge in [-0.3, -0.25) is 9.59 Å². The molecular weight excluding hydrogens is 461 g/mol. The average molecular weight is 485 g/mol. The molecule has 0 fully saturated rings. The minimum absolute atomic E-state index is 0.0372. The molecule has 0 bridgehead atoms. The molecule has 2 aromatic carbocycles. The quantitative estimate of drug-likeness (QED) is 0.392. The first kappa shape index (κ1) is 25.0. The number of carbonyl (C=O) groups excluding carboxylic acids is 2. The zero-order valence-electron chi connectivity index (χ0n) is 17.6. The van der Waals surface area contributed by atoms with E-state index < -0.39 is 17.9 Å². The van der Waals surface area contributed by atoms with Crippen molar-refractivity contribution in [3.63, 3.8) is 0 Å². The molecule has 0 aliphatic heterocycles. The Labute approximate surface area is 196 Å². The van der Waals surface area contributed by atoms with Crippen LogP contribution in [0.3, 0.4) is 0 Å². The van der Waals surface area contributed by atoms with Gasteiger partial charge in [0.05, 0.1) is 22.4 Å². The topological polar surface area (TPSA) is 79.8 Å². The number of hydrogen-bond donors (Lipinski definition) is 2. The predicted molar refractivity (Wildman–Crippen MR) is 126 cm³/mol. The molecule has 0 saturated heterocycles. The van der Waals surface area contributed by atoms with Gasteiger partial charge in [0.15, 0.2) is 0 Å². The van der Waals surface area contributed by atoms with Gasteiger partial charge in [0.1, 0.15) is 11.8 Å². The highest BCUT2D eigenvalue weighted by atomic mass is 35.5. The van der Waals surface area contributed by atoms with Gasteiger partial charge in [0.25, 0.3) is 11.8 Å². The summed E-state index contributed by atoms with van der Waals surface area (Å²) in [5.74, 6) is -0.509. The predicted octanol–water partition coefficient (Wildman–Crippen LogP) is 5.34. The van der Waals surface area contributed by atoms with E-state index in [1.54, 1.807) is 18.2 Å². The molecule has 2 N–H and O–H groups in total. The van der Waals surface area contributed by atoms with E-state index in [0.29, 0.717) is 26.9 Å². The van der Waals surface area contributed by atoms with Gasteiger partial charge >= 0.3 is 0 Å². The third-order valence-electron chi connectivity index (χ3n) is 4.13. The Morgan fingerprint density at radius 3 is 2.32 bits per heavy atom. The summed E-state index contributed by atoms with van der Waals surface area (Å²) in [4.78, 5) is 25.2. The number of hydrazone groups is 1. The molecule has 0 radical (unpaired) electrons. The van der Waals surface area contributed by atoms with Gasteiger partial charge in [-0.2, -0.15) is 5.10 Å². The lowest BCUT2D eigenvalue weighted by molar-refractivity contribution is -0.123. The van der Waals surface area contributed by atoms with Crippen LogP contribution < -0.4 is 15.5 Å². The third kappa shape index (κ3) is 7.42. The number of nitrogens with zero attached hydrogens (tertiary/aromatic N) is 1. The molecule has 9 heteroatoms. The number of benzene rings is 2. The summed E-state index contributed by atoms with van der Waals surface area (Å²) in [7, 11) is 0. The second-order valence-corrected chi connectivity index (χ2v) is 8.66. The van der Waals surface area contributed by atoms with Crippen molar-refractivity contribution in [2.45, 2.75) is 39.8 Å². The number of rotatable bonds is 8. The largest absolute Gasteiger partial charge is 0.490 e. The van der Waals surface area contributed by atoms with E-state index in [9.17, 15) is 9.59 Å². The van der Waals surface area contributed by atoms with E-state index in [4.69, 9.17) is 39.5 Å². The number of amides is 2. The Morgan fingerprint density at radius 1 is 1.00 bits per heavy atom. The standard InChI is InChI=1S/C22H24Cl3N3O3/c1-12(2)20(27-21(29)14-5-7-17(24)18(25)10-14)22(30)28-26-11-15-9-16(23)6-8-19(15)31-13(3)4/h5-13,20H,1-4H3,(H,27,29)(H,28,30). The Kier molecular flexibility index (Phi) is 9.16. The summed E-state index contributed by atoms with van der Waals surface area (Å²) < 4.78 is 5.72. The maximum atomic E-state index is 12.6. The van der Waals surface area contributed by atoms with E-state index >= 15 is 0 Å². The normalized spacial score (nSPS) is 12.3. The van der Waals surface area contributed by atoms with E-state index in [2.05, 4.69) is 15.8 Å². The fourth-order valence-corrected chi connectivity index (χ4v) is 3.09. The van der Waals surface area contributed by atoms with Crippen molar-refractivity contribution in [1.29, 1.82) is 0 Å². The van der Waals surface area contributed by atoms with Crippen molar-refractivity contribution in [2.24, 2.45) is 11.0 Å². The van der Waals surface area contributed by atoms with Gasteiger partial charge in [0, 0.05) is 16.1 Å². The number of hydrogen-bond acceptors (Lipinski definition) is 4. The molecule has 1 unspecified atom stereocenters. The number of carbonyl (C=O) groups is 2. The van der Waals surface area contributed by atoms with Crippen molar-refractivity contribution in [3.8, 4) is 5.75 Å². The van der Waals surface area contributed by atoms with E-state index in [1.165, 1.54) is 24.4 Å². The molecular formula is C22H24Cl3N3O3. The molecule has 6 nitrogen and oxygen atoms in total. The highest BCUT2D eigenvalue weighted by molar-refractivity contribution is 6.42. The minimum atomic E-state index is -0.815. The summed E-state index contributed by atoms with van der Waals surface area (Å²) in [6, 6.07) is 8.82. The Balaban J connectivity index is 2.10. The van der Waals surface area contributed by atoms with Gasteiger partial charge in [-0.1, -0.05) is 48.7 Å². The van der Waals surface area contributed by atoms with Crippen molar-refractivity contribution in [2.75, 3.05) is 0 Å². The van der Waals surface area contributed by atoms with Crippen LogP contribution in [-0.4, -0.2) is 30.2 Å². The number of ether oxygens (including phenoxy) is 1. The molecule has 0 saturated carbocycles. The first-order chi connectivity index (χ1) is 14.6. The summed E-state index contributed by atoms with van der Waals surface area (Å²) in [5.41, 5.74) is 3.37. The molecule has 1 atom stereocenters. The van der Waals surface area contributed by atoms with Crippen LogP contribution in [0.5, 0.6) is 5.75 Å². The van der Waals surface area contributed by atoms with Crippen molar-refractivity contribution >= 4 is 52.8 Å². The zero-order valence-corrected chi connectivity index (χ0v) is 19.8. The van der Waals surface area contributed by atoms with Crippen LogP contribution in [0.2, 0.25) is 15.1 Å². The van der Waals surface area contributed by atoms with Crippen LogP contribution in [0.4, 0.5) is 0 Å². The summed E-state index contributed by atoms with van der Waals surface area (Å²) in [6.45, 7) is 7.44. The highest BCUT2D eigenvalue weighted by Gasteiger charge is 2.24.